The molecule has 0 aliphatic heterocycles. The zero-order valence-corrected chi connectivity index (χ0v) is 14.4. The van der Waals surface area contributed by atoms with Crippen LogP contribution in [-0.4, -0.2) is 27.6 Å². The number of nitrogens with one attached hydrogen (secondary N) is 1. The van der Waals surface area contributed by atoms with Crippen LogP contribution in [0.1, 0.15) is 26.7 Å². The van der Waals surface area contributed by atoms with Crippen molar-refractivity contribution in [2.24, 2.45) is 5.73 Å². The lowest BCUT2D eigenvalue weighted by molar-refractivity contribution is -0.121. The maximum Gasteiger partial charge on any atom is 0.329 e. The van der Waals surface area contributed by atoms with Crippen LogP contribution in [0.25, 0.3) is 11.0 Å². The molecule has 1 heterocycles. The van der Waals surface area contributed by atoms with Crippen molar-refractivity contribution in [2.45, 2.75) is 45.8 Å². The fraction of sp³-hybridized carbons (Fsp3) is 0.500. The van der Waals surface area contributed by atoms with Crippen LogP contribution >= 0.6 is 12.4 Å². The maximum absolute atomic E-state index is 12.5. The molecule has 2 rings (SSSR count). The van der Waals surface area contributed by atoms with Crippen molar-refractivity contribution >= 4 is 29.3 Å². The van der Waals surface area contributed by atoms with Crippen LogP contribution in [0.4, 0.5) is 0 Å². The summed E-state index contributed by atoms with van der Waals surface area (Å²) in [6.07, 6.45) is 1.16. The first kappa shape index (κ1) is 19.3. The molecule has 1 atom stereocenters. The van der Waals surface area contributed by atoms with E-state index < -0.39 is 0 Å². The van der Waals surface area contributed by atoms with Crippen LogP contribution in [0.5, 0.6) is 0 Å². The minimum atomic E-state index is -0.0860. The molecular weight excluding hydrogens is 316 g/mol. The van der Waals surface area contributed by atoms with Crippen molar-refractivity contribution in [3.05, 3.63) is 34.7 Å². The molecule has 0 fully saturated rings. The molecule has 0 radical (unpaired) electrons. The van der Waals surface area contributed by atoms with Crippen molar-refractivity contribution < 1.29 is 4.79 Å². The number of amides is 1. The second kappa shape index (κ2) is 8.74. The first-order chi connectivity index (χ1) is 10.6. The monoisotopic (exact) mass is 340 g/mol. The quantitative estimate of drug-likeness (QED) is 0.801. The summed E-state index contributed by atoms with van der Waals surface area (Å²) in [4.78, 5) is 24.4. The van der Waals surface area contributed by atoms with E-state index in [-0.39, 0.29) is 36.5 Å². The summed E-state index contributed by atoms with van der Waals surface area (Å²) < 4.78 is 3.45. The number of nitrogens with zero attached hydrogens (tertiary/aromatic N) is 2. The smallest absolute Gasteiger partial charge is 0.329 e. The van der Waals surface area contributed by atoms with Gasteiger partial charge in [-0.1, -0.05) is 19.1 Å². The van der Waals surface area contributed by atoms with Gasteiger partial charge in [0.05, 0.1) is 11.0 Å². The number of hydrogen-bond donors (Lipinski definition) is 2. The Bertz CT molecular complexity index is 708. The van der Waals surface area contributed by atoms with Crippen LogP contribution in [-0.2, 0) is 17.9 Å². The van der Waals surface area contributed by atoms with E-state index >= 15 is 0 Å². The Balaban J connectivity index is 0.00000264. The highest BCUT2D eigenvalue weighted by Crippen LogP contribution is 2.13. The summed E-state index contributed by atoms with van der Waals surface area (Å²) in [7, 11) is 0. The highest BCUT2D eigenvalue weighted by Gasteiger charge is 2.13. The van der Waals surface area contributed by atoms with Gasteiger partial charge in [0, 0.05) is 32.1 Å². The fourth-order valence-electron chi connectivity index (χ4n) is 2.55. The largest absolute Gasteiger partial charge is 0.352 e. The lowest BCUT2D eigenvalue weighted by Crippen LogP contribution is -2.38. The van der Waals surface area contributed by atoms with E-state index in [2.05, 4.69) is 5.32 Å². The van der Waals surface area contributed by atoms with Gasteiger partial charge in [-0.2, -0.15) is 0 Å². The van der Waals surface area contributed by atoms with Crippen molar-refractivity contribution in [1.29, 1.82) is 0 Å². The second-order valence-electron chi connectivity index (χ2n) is 5.53. The van der Waals surface area contributed by atoms with E-state index in [0.717, 1.165) is 17.5 Å². The molecule has 1 aromatic carbocycles. The first-order valence-corrected chi connectivity index (χ1v) is 7.76. The van der Waals surface area contributed by atoms with Crippen LogP contribution in [0.15, 0.2) is 29.1 Å². The second-order valence-corrected chi connectivity index (χ2v) is 5.53. The van der Waals surface area contributed by atoms with Crippen molar-refractivity contribution in [3.63, 3.8) is 0 Å². The molecular formula is C16H25ClN4O2. The Hall–Kier alpha value is -1.79. The summed E-state index contributed by atoms with van der Waals surface area (Å²) in [5, 5.41) is 2.81. The summed E-state index contributed by atoms with van der Waals surface area (Å²) in [6.45, 7) is 5.36. The summed E-state index contributed by atoms with van der Waals surface area (Å²) in [5.74, 6) is -0.0860. The van der Waals surface area contributed by atoms with Crippen LogP contribution in [0.3, 0.4) is 0 Å². The molecule has 1 aromatic heterocycles. The predicted molar refractivity (Wildman–Crippen MR) is 95.0 cm³/mol. The molecule has 23 heavy (non-hydrogen) atoms. The Labute approximate surface area is 142 Å². The zero-order chi connectivity index (χ0) is 16.1. The molecule has 0 saturated heterocycles. The summed E-state index contributed by atoms with van der Waals surface area (Å²) in [6, 6.07) is 7.65. The number of imidazole rings is 1. The number of carbonyl (C=O) groups excluding carboxylic acids is 1. The summed E-state index contributed by atoms with van der Waals surface area (Å²) >= 11 is 0. The number of fused-ring (bicyclic) bond motifs is 1. The molecule has 0 spiro atoms. The van der Waals surface area contributed by atoms with Crippen molar-refractivity contribution in [2.75, 3.05) is 6.54 Å². The van der Waals surface area contributed by atoms with Gasteiger partial charge >= 0.3 is 5.69 Å². The van der Waals surface area contributed by atoms with Gasteiger partial charge in [0.1, 0.15) is 0 Å². The molecule has 7 heteroatoms. The molecule has 0 bridgehead atoms. The predicted octanol–water partition coefficient (Wildman–Crippen LogP) is 1.49. The van der Waals surface area contributed by atoms with E-state index in [9.17, 15) is 9.59 Å². The summed E-state index contributed by atoms with van der Waals surface area (Å²) in [5.41, 5.74) is 7.23. The van der Waals surface area contributed by atoms with Crippen molar-refractivity contribution in [1.82, 2.24) is 14.5 Å². The van der Waals surface area contributed by atoms with Gasteiger partial charge in [0.25, 0.3) is 0 Å². The number of halogens is 1. The third kappa shape index (κ3) is 4.36. The lowest BCUT2D eigenvalue weighted by Gasteiger charge is -2.11. The van der Waals surface area contributed by atoms with E-state index in [1.54, 1.807) is 9.13 Å². The molecule has 0 saturated carbocycles. The molecule has 3 N–H and O–H groups in total. The van der Waals surface area contributed by atoms with Gasteiger partial charge in [-0.05, 0) is 25.5 Å². The van der Waals surface area contributed by atoms with Gasteiger partial charge in [-0.25, -0.2) is 4.79 Å². The zero-order valence-electron chi connectivity index (χ0n) is 13.6. The number of aryl methyl sites for hydroxylation is 2. The highest BCUT2D eigenvalue weighted by molar-refractivity contribution is 5.85. The van der Waals surface area contributed by atoms with E-state index in [0.29, 0.717) is 19.6 Å². The number of nitrogens with two attached hydrogens (primary N) is 1. The van der Waals surface area contributed by atoms with E-state index in [4.69, 9.17) is 5.73 Å². The molecule has 0 aliphatic carbocycles. The molecule has 6 nitrogen and oxygen atoms in total. The van der Waals surface area contributed by atoms with E-state index in [1.165, 1.54) is 0 Å². The van der Waals surface area contributed by atoms with Gasteiger partial charge in [0.15, 0.2) is 0 Å². The normalized spacial score (nSPS) is 12.0. The Kier molecular flexibility index (Phi) is 7.32. The van der Waals surface area contributed by atoms with E-state index in [1.807, 2.05) is 38.1 Å². The third-order valence-electron chi connectivity index (χ3n) is 3.70. The fourth-order valence-corrected chi connectivity index (χ4v) is 2.55. The standard InChI is InChI=1S/C16H24N4O2.ClH/c1-3-9-19-13-6-4-5-7-14(13)20(16(19)22)10-8-15(21)18-12(2)11-17;/h4-7,12H,3,8-11,17H2,1-2H3,(H,18,21);1H/t12-;/m0./s1. The highest BCUT2D eigenvalue weighted by atomic mass is 35.5. The number of aromatic nitrogens is 2. The van der Waals surface area contributed by atoms with Gasteiger partial charge in [-0.3, -0.25) is 13.9 Å². The Morgan fingerprint density at radius 1 is 1.22 bits per heavy atom. The van der Waals surface area contributed by atoms with Crippen LogP contribution in [0, 0.1) is 0 Å². The number of benzene rings is 1. The number of rotatable bonds is 7. The number of para-hydroxylation sites is 2. The maximum atomic E-state index is 12.5. The minimum Gasteiger partial charge on any atom is -0.352 e. The average Bonchev–Trinajstić information content (AvgIpc) is 2.78. The molecule has 1 amide bonds. The Morgan fingerprint density at radius 2 is 1.78 bits per heavy atom. The molecule has 0 aliphatic rings. The third-order valence-corrected chi connectivity index (χ3v) is 3.70. The van der Waals surface area contributed by atoms with Gasteiger partial charge < -0.3 is 11.1 Å². The SMILES string of the molecule is CCCn1c(=O)n(CCC(=O)N[C@@H](C)CN)c2ccccc21.Cl. The lowest BCUT2D eigenvalue weighted by atomic mass is 10.3. The Morgan fingerprint density at radius 3 is 2.30 bits per heavy atom. The van der Waals surface area contributed by atoms with Gasteiger partial charge in [0.2, 0.25) is 5.91 Å². The minimum absolute atomic E-state index is 0. The first-order valence-electron chi connectivity index (χ1n) is 7.76. The molecule has 128 valence electrons. The topological polar surface area (TPSA) is 82.0 Å². The van der Waals surface area contributed by atoms with Crippen molar-refractivity contribution in [3.8, 4) is 0 Å². The number of hydrogen-bond acceptors (Lipinski definition) is 3. The molecule has 2 aromatic rings. The van der Waals surface area contributed by atoms with Crippen LogP contribution < -0.4 is 16.7 Å². The number of carbonyl (C=O) groups is 1. The van der Waals surface area contributed by atoms with Crippen LogP contribution in [0.2, 0.25) is 0 Å². The van der Waals surface area contributed by atoms with Gasteiger partial charge in [-0.15, -0.1) is 12.4 Å². The molecule has 0 unspecified atom stereocenters. The average molecular weight is 341 g/mol.